The molecule has 0 bridgehead atoms. The number of carbonyl (C=O) groups is 1. The van der Waals surface area contributed by atoms with Gasteiger partial charge in [0.2, 0.25) is 0 Å². The SMILES string of the molecule is O=C(NC1CCCCC1)OC(c1ccccc1)c1cc(CO)c(CO)cc1[N+](=O)[O-]. The van der Waals surface area contributed by atoms with Gasteiger partial charge in [0.05, 0.1) is 23.7 Å². The summed E-state index contributed by atoms with van der Waals surface area (Å²) in [7, 11) is 0. The predicted molar refractivity (Wildman–Crippen MR) is 110 cm³/mol. The number of nitrogens with zero attached hydrogens (tertiary/aromatic N) is 1. The summed E-state index contributed by atoms with van der Waals surface area (Å²) in [5.41, 5.74) is 1.03. The molecule has 1 saturated carbocycles. The molecular weight excluding hydrogens is 388 g/mol. The molecule has 0 heterocycles. The first-order chi connectivity index (χ1) is 14.5. The van der Waals surface area contributed by atoms with Crippen LogP contribution in [0.3, 0.4) is 0 Å². The quantitative estimate of drug-likeness (QED) is 0.469. The summed E-state index contributed by atoms with van der Waals surface area (Å²) in [6.45, 7) is -0.854. The van der Waals surface area contributed by atoms with Gasteiger partial charge in [0.25, 0.3) is 5.69 Å². The van der Waals surface area contributed by atoms with E-state index >= 15 is 0 Å². The van der Waals surface area contributed by atoms with Crippen LogP contribution < -0.4 is 5.32 Å². The number of aliphatic hydroxyl groups excluding tert-OH is 2. The number of carbonyl (C=O) groups excluding carboxylic acids is 1. The van der Waals surface area contributed by atoms with E-state index in [1.54, 1.807) is 30.3 Å². The molecule has 0 spiro atoms. The highest BCUT2D eigenvalue weighted by Gasteiger charge is 2.29. The molecule has 8 nitrogen and oxygen atoms in total. The molecule has 1 aliphatic rings. The van der Waals surface area contributed by atoms with Crippen LogP contribution in [0.1, 0.15) is 60.5 Å². The van der Waals surface area contributed by atoms with Crippen molar-refractivity contribution in [1.29, 1.82) is 0 Å². The number of aliphatic hydroxyl groups is 2. The van der Waals surface area contributed by atoms with Gasteiger partial charge in [-0.3, -0.25) is 10.1 Å². The van der Waals surface area contributed by atoms with Crippen LogP contribution in [-0.4, -0.2) is 27.3 Å². The van der Waals surface area contributed by atoms with Crippen LogP contribution in [0.2, 0.25) is 0 Å². The molecule has 1 fully saturated rings. The summed E-state index contributed by atoms with van der Waals surface area (Å²) in [4.78, 5) is 23.8. The molecule has 2 aromatic carbocycles. The van der Waals surface area contributed by atoms with Gasteiger partial charge in [-0.15, -0.1) is 0 Å². The Balaban J connectivity index is 1.98. The molecule has 3 rings (SSSR count). The first kappa shape index (κ1) is 21.7. The van der Waals surface area contributed by atoms with Gasteiger partial charge in [-0.2, -0.15) is 0 Å². The molecule has 8 heteroatoms. The van der Waals surface area contributed by atoms with Crippen molar-refractivity contribution in [2.45, 2.75) is 57.5 Å². The monoisotopic (exact) mass is 414 g/mol. The number of nitrogens with one attached hydrogen (secondary N) is 1. The topological polar surface area (TPSA) is 122 Å². The fourth-order valence-corrected chi connectivity index (χ4v) is 3.85. The lowest BCUT2D eigenvalue weighted by atomic mass is 9.95. The molecule has 30 heavy (non-hydrogen) atoms. The Hall–Kier alpha value is -2.97. The maximum atomic E-state index is 12.6. The van der Waals surface area contributed by atoms with Gasteiger partial charge in [-0.25, -0.2) is 4.79 Å². The Morgan fingerprint density at radius 3 is 2.33 bits per heavy atom. The minimum Gasteiger partial charge on any atom is -0.436 e. The zero-order valence-corrected chi connectivity index (χ0v) is 16.6. The second-order valence-corrected chi connectivity index (χ2v) is 7.43. The standard InChI is InChI=1S/C22H26N2O6/c25-13-16-11-19(20(24(28)29)12-17(16)14-26)21(15-7-3-1-4-8-15)30-22(27)23-18-9-5-2-6-10-18/h1,3-4,7-8,11-12,18,21,25-26H,2,5-6,9-10,13-14H2,(H,23,27). The summed E-state index contributed by atoms with van der Waals surface area (Å²) in [5.74, 6) is 0. The Kier molecular flexibility index (Phi) is 7.37. The van der Waals surface area contributed by atoms with Crippen molar-refractivity contribution in [2.75, 3.05) is 0 Å². The second-order valence-electron chi connectivity index (χ2n) is 7.43. The average molecular weight is 414 g/mol. The molecule has 0 radical (unpaired) electrons. The molecule has 1 aliphatic carbocycles. The van der Waals surface area contributed by atoms with Crippen LogP contribution in [0, 0.1) is 10.1 Å². The molecular formula is C22H26N2O6. The molecule has 0 aromatic heterocycles. The number of benzene rings is 2. The van der Waals surface area contributed by atoms with Gasteiger partial charge in [0.1, 0.15) is 0 Å². The van der Waals surface area contributed by atoms with E-state index in [4.69, 9.17) is 4.74 Å². The van der Waals surface area contributed by atoms with Crippen molar-refractivity contribution in [3.63, 3.8) is 0 Å². The molecule has 1 unspecified atom stereocenters. The van der Waals surface area contributed by atoms with E-state index in [1.807, 2.05) is 0 Å². The summed E-state index contributed by atoms with van der Waals surface area (Å²) in [5, 5.41) is 33.8. The van der Waals surface area contributed by atoms with Crippen molar-refractivity contribution < 1.29 is 24.7 Å². The number of nitro benzene ring substituents is 1. The van der Waals surface area contributed by atoms with Crippen LogP contribution in [0.4, 0.5) is 10.5 Å². The van der Waals surface area contributed by atoms with Gasteiger partial charge < -0.3 is 20.3 Å². The van der Waals surface area contributed by atoms with Gasteiger partial charge in [-0.05, 0) is 35.6 Å². The van der Waals surface area contributed by atoms with E-state index < -0.39 is 30.3 Å². The van der Waals surface area contributed by atoms with Crippen molar-refractivity contribution in [3.05, 3.63) is 74.8 Å². The van der Waals surface area contributed by atoms with Crippen LogP contribution >= 0.6 is 0 Å². The zero-order valence-electron chi connectivity index (χ0n) is 16.6. The van der Waals surface area contributed by atoms with Gasteiger partial charge >= 0.3 is 6.09 Å². The highest BCUT2D eigenvalue weighted by Crippen LogP contribution is 2.35. The van der Waals surface area contributed by atoms with E-state index in [0.29, 0.717) is 11.1 Å². The Morgan fingerprint density at radius 1 is 1.10 bits per heavy atom. The number of hydrogen-bond donors (Lipinski definition) is 3. The highest BCUT2D eigenvalue weighted by atomic mass is 16.6. The Labute approximate surface area is 174 Å². The molecule has 160 valence electrons. The average Bonchev–Trinajstić information content (AvgIpc) is 2.77. The normalized spacial score (nSPS) is 15.4. The minimum absolute atomic E-state index is 0.0300. The van der Waals surface area contributed by atoms with Crippen molar-refractivity contribution in [1.82, 2.24) is 5.32 Å². The highest BCUT2D eigenvalue weighted by molar-refractivity contribution is 5.69. The van der Waals surface area contributed by atoms with Crippen LogP contribution in [0.5, 0.6) is 0 Å². The zero-order chi connectivity index (χ0) is 21.5. The number of alkyl carbamates (subject to hydrolysis) is 1. The molecule has 2 aromatic rings. The lowest BCUT2D eigenvalue weighted by molar-refractivity contribution is -0.386. The fraction of sp³-hybridized carbons (Fsp3) is 0.409. The van der Waals surface area contributed by atoms with E-state index in [0.717, 1.165) is 32.1 Å². The number of hydrogen-bond acceptors (Lipinski definition) is 6. The minimum atomic E-state index is -1.03. The second kappa shape index (κ2) is 10.2. The lowest BCUT2D eigenvalue weighted by Crippen LogP contribution is -2.37. The number of ether oxygens (including phenoxy) is 1. The maximum absolute atomic E-state index is 12.6. The van der Waals surface area contributed by atoms with Crippen LogP contribution in [0.25, 0.3) is 0 Å². The first-order valence-corrected chi connectivity index (χ1v) is 10.1. The molecule has 1 amide bonds. The predicted octanol–water partition coefficient (Wildman–Crippen LogP) is 3.73. The van der Waals surface area contributed by atoms with Gasteiger partial charge in [0.15, 0.2) is 6.10 Å². The maximum Gasteiger partial charge on any atom is 0.408 e. The summed E-state index contributed by atoms with van der Waals surface area (Å²) in [6, 6.07) is 11.4. The third-order valence-electron chi connectivity index (χ3n) is 5.42. The Bertz CT molecular complexity index is 881. The largest absolute Gasteiger partial charge is 0.436 e. The van der Waals surface area contributed by atoms with E-state index in [2.05, 4.69) is 5.32 Å². The van der Waals surface area contributed by atoms with Gasteiger partial charge in [0, 0.05) is 12.1 Å². The van der Waals surface area contributed by atoms with Crippen molar-refractivity contribution in [3.8, 4) is 0 Å². The number of rotatable bonds is 7. The molecule has 0 aliphatic heterocycles. The van der Waals surface area contributed by atoms with Crippen molar-refractivity contribution in [2.24, 2.45) is 0 Å². The summed E-state index contributed by atoms with van der Waals surface area (Å²) in [6.07, 6.45) is 3.32. The summed E-state index contributed by atoms with van der Waals surface area (Å²) >= 11 is 0. The Morgan fingerprint density at radius 2 is 1.73 bits per heavy atom. The summed E-state index contributed by atoms with van der Waals surface area (Å²) < 4.78 is 5.69. The fourth-order valence-electron chi connectivity index (χ4n) is 3.85. The first-order valence-electron chi connectivity index (χ1n) is 10.1. The van der Waals surface area contributed by atoms with Gasteiger partial charge in [-0.1, -0.05) is 49.6 Å². The van der Waals surface area contributed by atoms with Crippen LogP contribution in [0.15, 0.2) is 42.5 Å². The lowest BCUT2D eigenvalue weighted by Gasteiger charge is -2.25. The third kappa shape index (κ3) is 5.14. The molecule has 0 saturated heterocycles. The third-order valence-corrected chi connectivity index (χ3v) is 5.42. The van der Waals surface area contributed by atoms with E-state index in [-0.39, 0.29) is 22.9 Å². The van der Waals surface area contributed by atoms with Crippen LogP contribution in [-0.2, 0) is 18.0 Å². The number of amides is 1. The smallest absolute Gasteiger partial charge is 0.408 e. The van der Waals surface area contributed by atoms with Crippen molar-refractivity contribution >= 4 is 11.8 Å². The number of nitro groups is 1. The molecule has 3 N–H and O–H groups in total. The van der Waals surface area contributed by atoms with E-state index in [1.165, 1.54) is 12.1 Å². The van der Waals surface area contributed by atoms with E-state index in [9.17, 15) is 25.1 Å². The molecule has 1 atom stereocenters.